The first-order chi connectivity index (χ1) is 0. The van der Waals surface area contributed by atoms with Gasteiger partial charge in [-0.3, -0.25) is 0 Å². The standard InChI is InChI=1S/Ir.2O.Ru/q;2*-2;+4. The maximum Gasteiger partial charge on any atom is 4.00 e. The van der Waals surface area contributed by atoms with E-state index < -0.39 is 0 Å². The summed E-state index contributed by atoms with van der Waals surface area (Å²) in [6.45, 7) is 0. The maximum absolute atomic E-state index is 0. The van der Waals surface area contributed by atoms with Crippen LogP contribution in [0.15, 0.2) is 0 Å². The molecule has 0 aromatic heterocycles. The van der Waals surface area contributed by atoms with Crippen molar-refractivity contribution in [1.82, 2.24) is 0 Å². The Hall–Kier alpha value is 1.19. The Kier molecular flexibility index (Phi) is 482. The Bertz CT molecular complexity index is 6.00. The topological polar surface area (TPSA) is 57.0 Å². The van der Waals surface area contributed by atoms with Gasteiger partial charge in [0, 0.05) is 20.1 Å². The van der Waals surface area contributed by atoms with Crippen molar-refractivity contribution < 1.29 is 50.5 Å². The van der Waals surface area contributed by atoms with Crippen LogP contribution in [0.25, 0.3) is 0 Å². The molecule has 0 N–H and O–H groups in total. The van der Waals surface area contributed by atoms with Gasteiger partial charge in [-0.1, -0.05) is 0 Å². The fraction of sp³-hybridized carbons (Fsp3) is 0. The molecule has 0 aromatic carbocycles. The molecule has 0 rings (SSSR count). The monoisotopic (exact) mass is 327 g/mol. The smallest absolute Gasteiger partial charge is 2.00 e. The predicted octanol–water partition coefficient (Wildman–Crippen LogP) is -0.243. The minimum absolute atomic E-state index is 0. The van der Waals surface area contributed by atoms with E-state index in [1.165, 1.54) is 0 Å². The van der Waals surface area contributed by atoms with Gasteiger partial charge in [-0.15, -0.1) is 0 Å². The Balaban J connectivity index is 0. The molecule has 4 heavy (non-hydrogen) atoms. The van der Waals surface area contributed by atoms with Crippen LogP contribution >= 0.6 is 0 Å². The summed E-state index contributed by atoms with van der Waals surface area (Å²) in [5.74, 6) is 0. The Morgan fingerprint density at radius 3 is 0.750 bits per heavy atom. The van der Waals surface area contributed by atoms with Crippen molar-refractivity contribution in [2.24, 2.45) is 0 Å². The fourth-order valence-electron chi connectivity index (χ4n) is 0. The van der Waals surface area contributed by atoms with Crippen molar-refractivity contribution in [2.45, 2.75) is 0 Å². The number of hydrogen-bond acceptors (Lipinski definition) is 0. The van der Waals surface area contributed by atoms with Gasteiger partial charge in [-0.25, -0.2) is 0 Å². The van der Waals surface area contributed by atoms with Gasteiger partial charge in [-0.05, 0) is 0 Å². The first-order valence-corrected chi connectivity index (χ1v) is 0. The third-order valence-corrected chi connectivity index (χ3v) is 0. The van der Waals surface area contributed by atoms with E-state index in [-0.39, 0.29) is 50.5 Å². The molecular weight excluding hydrogens is 325 g/mol. The molecule has 29 valence electrons. The van der Waals surface area contributed by atoms with Crippen molar-refractivity contribution >= 4 is 0 Å². The molecule has 0 heterocycles. The summed E-state index contributed by atoms with van der Waals surface area (Å²) in [5.41, 5.74) is 0. The third-order valence-electron chi connectivity index (χ3n) is 0. The van der Waals surface area contributed by atoms with E-state index in [2.05, 4.69) is 0 Å². The number of hydrogen-bond donors (Lipinski definition) is 0. The zero-order valence-corrected chi connectivity index (χ0v) is 5.64. The second-order valence-corrected chi connectivity index (χ2v) is 0. The molecule has 0 saturated carbocycles. The molecule has 0 fully saturated rings. The van der Waals surface area contributed by atoms with E-state index in [1.54, 1.807) is 0 Å². The van der Waals surface area contributed by atoms with Crippen molar-refractivity contribution in [3.63, 3.8) is 0 Å². The number of rotatable bonds is 0. The van der Waals surface area contributed by atoms with Crippen LogP contribution < -0.4 is 0 Å². The van der Waals surface area contributed by atoms with Gasteiger partial charge in [0.05, 0.1) is 0 Å². The molecule has 0 spiro atoms. The summed E-state index contributed by atoms with van der Waals surface area (Å²) in [6.07, 6.45) is 0. The van der Waals surface area contributed by atoms with Crippen molar-refractivity contribution in [3.05, 3.63) is 0 Å². The Morgan fingerprint density at radius 2 is 0.750 bits per heavy atom. The van der Waals surface area contributed by atoms with E-state index in [0.717, 1.165) is 0 Å². The van der Waals surface area contributed by atoms with Crippen molar-refractivity contribution in [2.75, 3.05) is 0 Å². The molecule has 0 aromatic rings. The van der Waals surface area contributed by atoms with Gasteiger partial charge in [-0.2, -0.15) is 0 Å². The van der Waals surface area contributed by atoms with Gasteiger partial charge in [0.25, 0.3) is 0 Å². The molecule has 0 amide bonds. The molecule has 0 atom stereocenters. The molecule has 0 aliphatic rings. The van der Waals surface area contributed by atoms with E-state index in [1.807, 2.05) is 0 Å². The van der Waals surface area contributed by atoms with Crippen LogP contribution in [0.1, 0.15) is 0 Å². The maximum atomic E-state index is 0. The zero-order chi connectivity index (χ0) is 0. The van der Waals surface area contributed by atoms with Crippen molar-refractivity contribution in [1.29, 1.82) is 0 Å². The molecule has 4 heteroatoms. The molecule has 0 aliphatic heterocycles. The first kappa shape index (κ1) is 64.2. The van der Waals surface area contributed by atoms with E-state index in [4.69, 9.17) is 0 Å². The van der Waals surface area contributed by atoms with Gasteiger partial charge >= 0.3 is 19.5 Å². The fourth-order valence-corrected chi connectivity index (χ4v) is 0. The van der Waals surface area contributed by atoms with Gasteiger partial charge in [0.1, 0.15) is 0 Å². The summed E-state index contributed by atoms with van der Waals surface area (Å²) in [4.78, 5) is 0. The van der Waals surface area contributed by atoms with Crippen LogP contribution in [0.2, 0.25) is 0 Å². The molecular formula is IrO2Ru. The Morgan fingerprint density at radius 1 is 0.750 bits per heavy atom. The molecule has 0 aliphatic carbocycles. The van der Waals surface area contributed by atoms with Gasteiger partial charge in [0.15, 0.2) is 0 Å². The minimum atomic E-state index is 0. The molecule has 0 unspecified atom stereocenters. The van der Waals surface area contributed by atoms with Gasteiger partial charge in [0.2, 0.25) is 0 Å². The summed E-state index contributed by atoms with van der Waals surface area (Å²) in [6, 6.07) is 0. The largest absolute Gasteiger partial charge is 4.00 e. The predicted molar refractivity (Wildman–Crippen MR) is 1.37 cm³/mol. The Labute approximate surface area is 50.7 Å². The summed E-state index contributed by atoms with van der Waals surface area (Å²) >= 11 is 0. The van der Waals surface area contributed by atoms with Crippen LogP contribution in [0.4, 0.5) is 0 Å². The SMILES string of the molecule is [Ir].[O-2].[O-2].[Ru+4]. The molecule has 0 bridgehead atoms. The van der Waals surface area contributed by atoms with Crippen LogP contribution in [-0.4, -0.2) is 0 Å². The average molecular weight is 325 g/mol. The normalized spacial score (nSPS) is 0. The van der Waals surface area contributed by atoms with E-state index in [9.17, 15) is 0 Å². The van der Waals surface area contributed by atoms with E-state index >= 15 is 0 Å². The quantitative estimate of drug-likeness (QED) is 0.552. The van der Waals surface area contributed by atoms with E-state index in [0.29, 0.717) is 0 Å². The first-order valence-electron chi connectivity index (χ1n) is 0. The van der Waals surface area contributed by atoms with Crippen LogP contribution in [-0.2, 0) is 50.5 Å². The van der Waals surface area contributed by atoms with Crippen molar-refractivity contribution in [3.8, 4) is 0 Å². The van der Waals surface area contributed by atoms with Crippen LogP contribution in [0.5, 0.6) is 0 Å². The second-order valence-electron chi connectivity index (χ2n) is 0. The summed E-state index contributed by atoms with van der Waals surface area (Å²) in [5, 5.41) is 0. The minimum Gasteiger partial charge on any atom is -2.00 e. The zero-order valence-electron chi connectivity index (χ0n) is 1.50. The summed E-state index contributed by atoms with van der Waals surface area (Å²) in [7, 11) is 0. The van der Waals surface area contributed by atoms with Crippen LogP contribution in [0.3, 0.4) is 0 Å². The molecule has 2 nitrogen and oxygen atoms in total. The average Bonchev–Trinajstić information content (AvgIpc) is 0. The van der Waals surface area contributed by atoms with Gasteiger partial charge < -0.3 is 11.0 Å². The molecule has 1 radical (unpaired) electrons. The second kappa shape index (κ2) is 30.0. The summed E-state index contributed by atoms with van der Waals surface area (Å²) < 4.78 is 0. The molecule has 0 saturated heterocycles. The third kappa shape index (κ3) is 10.8. The van der Waals surface area contributed by atoms with Crippen LogP contribution in [0, 0.1) is 0 Å².